The van der Waals surface area contributed by atoms with Gasteiger partial charge in [0, 0.05) is 0 Å². The molecule has 5 heteroatoms. The first-order valence-corrected chi connectivity index (χ1v) is 12.7. The summed E-state index contributed by atoms with van der Waals surface area (Å²) in [6, 6.07) is 22.8. The number of aryl methyl sites for hydroxylation is 2. The standard InChI is InChI=1S/C26H28.H4O3P2/c1-3-5-10-19-16-17-21(20(18-19)11-6-4-2)23-14-9-15-25-22-12-7-8-13-24(22)26(23)25;1-4-3-5-2/h7-9,12-18H,3-6,10-11H2,1-2H3;1-2,4-5H. The molecular formula is C26H32O3P2. The van der Waals surface area contributed by atoms with Crippen molar-refractivity contribution in [1.29, 1.82) is 0 Å². The van der Waals surface area contributed by atoms with Gasteiger partial charge in [0.2, 0.25) is 0 Å². The second-order valence-corrected chi connectivity index (χ2v) is 8.94. The average molecular weight is 454 g/mol. The molecule has 2 unspecified atom stereocenters. The van der Waals surface area contributed by atoms with Crippen molar-refractivity contribution in [2.45, 2.75) is 52.4 Å². The van der Waals surface area contributed by atoms with Crippen molar-refractivity contribution in [2.75, 3.05) is 0 Å². The monoisotopic (exact) mass is 454 g/mol. The average Bonchev–Trinajstić information content (AvgIpc) is 2.80. The zero-order chi connectivity index (χ0) is 22.1. The minimum Gasteiger partial charge on any atom is -0.352 e. The lowest BCUT2D eigenvalue weighted by Crippen LogP contribution is -1.98. The van der Waals surface area contributed by atoms with Gasteiger partial charge >= 0.3 is 0 Å². The lowest BCUT2D eigenvalue weighted by atomic mass is 9.88. The van der Waals surface area contributed by atoms with Crippen molar-refractivity contribution in [1.82, 2.24) is 0 Å². The first-order valence-electron chi connectivity index (χ1n) is 11.0. The van der Waals surface area contributed by atoms with E-state index in [-0.39, 0.29) is 0 Å². The van der Waals surface area contributed by atoms with Crippen molar-refractivity contribution in [2.24, 2.45) is 0 Å². The summed E-state index contributed by atoms with van der Waals surface area (Å²) >= 11 is 0. The second-order valence-electron chi connectivity index (χ2n) is 7.76. The van der Waals surface area contributed by atoms with Crippen LogP contribution in [0.5, 0.6) is 0 Å². The van der Waals surface area contributed by atoms with Crippen LogP contribution in [0.15, 0.2) is 60.7 Å². The Labute approximate surface area is 188 Å². The van der Waals surface area contributed by atoms with Gasteiger partial charge in [-0.1, -0.05) is 87.4 Å². The third kappa shape index (κ3) is 5.80. The smallest absolute Gasteiger partial charge is 0.158 e. The molecular weight excluding hydrogens is 422 g/mol. The molecule has 3 nitrogen and oxygen atoms in total. The van der Waals surface area contributed by atoms with Crippen molar-refractivity contribution in [3.05, 3.63) is 92.7 Å². The number of rotatable bonds is 9. The molecule has 4 rings (SSSR count). The van der Waals surface area contributed by atoms with Crippen molar-refractivity contribution in [3.8, 4) is 11.1 Å². The van der Waals surface area contributed by atoms with E-state index in [9.17, 15) is 0 Å². The Bertz CT molecular complexity index is 1180. The molecule has 0 amide bonds. The molecule has 0 radical (unpaired) electrons. The third-order valence-corrected chi connectivity index (χ3v) is 6.45. The number of fused-ring (bicyclic) bond motifs is 2. The second kappa shape index (κ2) is 12.4. The Morgan fingerprint density at radius 2 is 1.39 bits per heavy atom. The van der Waals surface area contributed by atoms with Gasteiger partial charge in [-0.05, 0) is 68.8 Å². The highest BCUT2D eigenvalue weighted by Crippen LogP contribution is 2.30. The van der Waals surface area contributed by atoms with E-state index in [1.54, 1.807) is 0 Å². The summed E-state index contributed by atoms with van der Waals surface area (Å²) in [5, 5.41) is 5.67. The maximum Gasteiger partial charge on any atom is 0.158 e. The number of benzene rings is 3. The predicted octanol–water partition coefficient (Wildman–Crippen LogP) is 6.93. The summed E-state index contributed by atoms with van der Waals surface area (Å²) in [6.45, 7) is 4.56. The number of hydrogen-bond donors (Lipinski definition) is 2. The topological polar surface area (TPSA) is 49.7 Å². The minimum atomic E-state index is -0.580. The predicted molar refractivity (Wildman–Crippen MR) is 133 cm³/mol. The van der Waals surface area contributed by atoms with E-state index < -0.39 is 18.1 Å². The third-order valence-electron chi connectivity index (χ3n) is 5.72. The first-order chi connectivity index (χ1) is 15.2. The highest BCUT2D eigenvalue weighted by molar-refractivity contribution is 7.39. The summed E-state index contributed by atoms with van der Waals surface area (Å²) in [6.07, 6.45) is 7.42. The summed E-state index contributed by atoms with van der Waals surface area (Å²) < 4.78 is 4.00. The Morgan fingerprint density at radius 3 is 2.06 bits per heavy atom. The van der Waals surface area contributed by atoms with Gasteiger partial charge in [-0.2, -0.15) is 0 Å². The first kappa shape index (κ1) is 24.1. The molecule has 0 saturated heterocycles. The van der Waals surface area contributed by atoms with Crippen LogP contribution >= 0.6 is 18.1 Å². The van der Waals surface area contributed by atoms with Gasteiger partial charge in [-0.15, -0.1) is 0 Å². The molecule has 0 heterocycles. The van der Waals surface area contributed by atoms with Gasteiger partial charge in [-0.3, -0.25) is 4.31 Å². The fourth-order valence-corrected chi connectivity index (χ4v) is 4.37. The van der Waals surface area contributed by atoms with Crippen molar-refractivity contribution < 1.29 is 14.1 Å². The van der Waals surface area contributed by atoms with Gasteiger partial charge in [0.15, 0.2) is 18.1 Å². The largest absolute Gasteiger partial charge is 0.352 e. The zero-order valence-electron chi connectivity index (χ0n) is 18.3. The van der Waals surface area contributed by atoms with E-state index in [1.165, 1.54) is 81.7 Å². The molecule has 3 aromatic carbocycles. The lowest BCUT2D eigenvalue weighted by molar-refractivity contribution is 0.496. The lowest BCUT2D eigenvalue weighted by Gasteiger charge is -2.15. The number of unbranched alkanes of at least 4 members (excludes halogenated alkanes) is 2. The molecule has 1 aliphatic carbocycles. The molecule has 0 bridgehead atoms. The van der Waals surface area contributed by atoms with Gasteiger partial charge in [0.05, 0.1) is 0 Å². The maximum absolute atomic E-state index is 7.72. The molecule has 0 aliphatic heterocycles. The molecule has 2 N–H and O–H groups in total. The van der Waals surface area contributed by atoms with Crippen molar-refractivity contribution in [3.63, 3.8) is 0 Å². The van der Waals surface area contributed by atoms with E-state index >= 15 is 0 Å². The molecule has 0 aromatic heterocycles. The Morgan fingerprint density at radius 1 is 0.710 bits per heavy atom. The van der Waals surface area contributed by atoms with Crippen LogP contribution in [-0.4, -0.2) is 9.79 Å². The summed E-state index contributed by atoms with van der Waals surface area (Å²) in [7, 11) is -1.16. The minimum absolute atomic E-state index is 0.580. The van der Waals surface area contributed by atoms with Crippen LogP contribution in [0.2, 0.25) is 0 Å². The maximum atomic E-state index is 7.72. The van der Waals surface area contributed by atoms with Gasteiger partial charge in [-0.25, -0.2) is 0 Å². The van der Waals surface area contributed by atoms with Crippen LogP contribution in [0.1, 0.15) is 50.7 Å². The van der Waals surface area contributed by atoms with E-state index in [2.05, 4.69) is 78.8 Å². The van der Waals surface area contributed by atoms with Crippen LogP contribution in [0.3, 0.4) is 0 Å². The van der Waals surface area contributed by atoms with E-state index in [0.29, 0.717) is 0 Å². The highest BCUT2D eigenvalue weighted by atomic mass is 31.2. The van der Waals surface area contributed by atoms with Crippen LogP contribution in [0.4, 0.5) is 0 Å². The fraction of sp³-hybridized carbons (Fsp3) is 0.308. The van der Waals surface area contributed by atoms with Crippen LogP contribution in [0.25, 0.3) is 11.1 Å². The van der Waals surface area contributed by atoms with Gasteiger partial charge in [0.25, 0.3) is 0 Å². The Balaban J connectivity index is 0.000000491. The van der Waals surface area contributed by atoms with E-state index in [1.807, 2.05) is 0 Å². The van der Waals surface area contributed by atoms with Gasteiger partial charge in [0.1, 0.15) is 0 Å². The van der Waals surface area contributed by atoms with E-state index in [4.69, 9.17) is 9.79 Å². The molecule has 0 saturated carbocycles. The molecule has 31 heavy (non-hydrogen) atoms. The summed E-state index contributed by atoms with van der Waals surface area (Å²) in [5.41, 5.74) is 5.87. The molecule has 164 valence electrons. The Hall–Kier alpha value is -1.60. The van der Waals surface area contributed by atoms with Crippen LogP contribution in [-0.2, 0) is 17.2 Å². The highest BCUT2D eigenvalue weighted by Gasteiger charge is 2.12. The van der Waals surface area contributed by atoms with Gasteiger partial charge < -0.3 is 9.79 Å². The quantitative estimate of drug-likeness (QED) is 0.270. The zero-order valence-corrected chi connectivity index (χ0v) is 20.3. The summed E-state index contributed by atoms with van der Waals surface area (Å²) in [4.78, 5) is 15.4. The van der Waals surface area contributed by atoms with E-state index in [0.717, 1.165) is 0 Å². The van der Waals surface area contributed by atoms with Crippen molar-refractivity contribution >= 4 is 18.1 Å². The Kier molecular flexibility index (Phi) is 9.65. The molecule has 0 spiro atoms. The SMILES string of the molecule is CCCCc1ccc(-c2cccc3c2=c2ccccc2=3)c(CCCC)c1.OPOPO. The molecule has 0 fully saturated rings. The van der Waals surface area contributed by atoms with Crippen LogP contribution < -0.4 is 0 Å². The normalized spacial score (nSPS) is 11.9. The van der Waals surface area contributed by atoms with Crippen LogP contribution in [0, 0.1) is 20.9 Å². The number of hydrogen-bond acceptors (Lipinski definition) is 3. The summed E-state index contributed by atoms with van der Waals surface area (Å²) in [5.74, 6) is 0. The molecule has 3 aromatic rings. The molecule has 2 atom stereocenters. The fourth-order valence-electron chi connectivity index (χ4n) is 4.21. The molecule has 1 aliphatic rings.